The van der Waals surface area contributed by atoms with Crippen molar-refractivity contribution in [2.45, 2.75) is 60.0 Å². The first-order chi connectivity index (χ1) is 17.4. The Morgan fingerprint density at radius 3 is 2.56 bits per heavy atom. The third-order valence-corrected chi connectivity index (χ3v) is 6.82. The fourth-order valence-electron chi connectivity index (χ4n) is 4.76. The molecule has 0 spiro atoms. The Labute approximate surface area is 215 Å². The highest BCUT2D eigenvalue weighted by molar-refractivity contribution is 5.69. The highest BCUT2D eigenvalue weighted by atomic mass is 19.1. The lowest BCUT2D eigenvalue weighted by molar-refractivity contribution is 0.219. The van der Waals surface area contributed by atoms with E-state index in [0.29, 0.717) is 24.4 Å². The molecule has 1 aliphatic rings. The number of nitrogens with zero attached hydrogens (tertiary/aromatic N) is 2. The fourth-order valence-corrected chi connectivity index (χ4v) is 4.76. The average Bonchev–Trinajstić information content (AvgIpc) is 3.11. The monoisotopic (exact) mass is 492 g/mol. The molecule has 0 saturated heterocycles. The number of halogens is 1. The molecular formula is C30H41FN4O. The first-order valence-electron chi connectivity index (χ1n) is 13.1. The molecule has 1 heterocycles. The summed E-state index contributed by atoms with van der Waals surface area (Å²) in [6.07, 6.45) is 0.767. The molecule has 5 nitrogen and oxygen atoms in total. The van der Waals surface area contributed by atoms with Crippen molar-refractivity contribution in [3.63, 3.8) is 0 Å². The van der Waals surface area contributed by atoms with Crippen LogP contribution in [0.25, 0.3) is 0 Å². The van der Waals surface area contributed by atoms with E-state index in [4.69, 9.17) is 16.3 Å². The Balaban J connectivity index is 0.00000176. The molecule has 4 N–H and O–H groups in total. The minimum atomic E-state index is -0.378. The number of fused-ring (bicyclic) bond motifs is 1. The van der Waals surface area contributed by atoms with Gasteiger partial charge in [0.1, 0.15) is 12.4 Å². The van der Waals surface area contributed by atoms with E-state index < -0.39 is 0 Å². The lowest BCUT2D eigenvalue weighted by Crippen LogP contribution is -2.31. The Morgan fingerprint density at radius 2 is 1.83 bits per heavy atom. The second-order valence-electron chi connectivity index (χ2n) is 9.00. The molecule has 0 bridgehead atoms. The van der Waals surface area contributed by atoms with Crippen molar-refractivity contribution < 1.29 is 9.13 Å². The van der Waals surface area contributed by atoms with E-state index in [0.717, 1.165) is 37.4 Å². The van der Waals surface area contributed by atoms with Gasteiger partial charge in [0.2, 0.25) is 0 Å². The van der Waals surface area contributed by atoms with Crippen LogP contribution < -0.4 is 21.3 Å². The number of hydrogen-bond donors (Lipinski definition) is 2. The number of hydrogen-bond acceptors (Lipinski definition) is 5. The van der Waals surface area contributed by atoms with Crippen LogP contribution in [0, 0.1) is 12.7 Å². The van der Waals surface area contributed by atoms with Crippen LogP contribution in [0.5, 0.6) is 5.75 Å². The van der Waals surface area contributed by atoms with Crippen LogP contribution in [0.3, 0.4) is 0 Å². The molecule has 3 aromatic rings. The maximum absolute atomic E-state index is 15.4. The van der Waals surface area contributed by atoms with Crippen LogP contribution in [0.4, 0.5) is 15.8 Å². The fraction of sp³-hybridized carbons (Fsp3) is 0.400. The number of benzene rings is 3. The molecule has 0 radical (unpaired) electrons. The zero-order valence-corrected chi connectivity index (χ0v) is 22.4. The highest BCUT2D eigenvalue weighted by Crippen LogP contribution is 2.36. The molecule has 194 valence electrons. The standard InChI is InChI=1S/C28H35FN4O.C2H6/c1-4-23(24-12-13-25(33(31)5-2)28(30)27(24)29)20-11-10-19(3)22(16-20)18-32-14-15-34-26-9-7-6-8-21(26)17-32;1-2/h6-13,16,23H,4-5,14-15,17-18,30-31H2,1-3H3;1-2H3. The summed E-state index contributed by atoms with van der Waals surface area (Å²) < 4.78 is 21.3. The number of nitrogens with two attached hydrogens (primary N) is 2. The summed E-state index contributed by atoms with van der Waals surface area (Å²) in [5.41, 5.74) is 12.2. The van der Waals surface area contributed by atoms with Crippen LogP contribution in [-0.4, -0.2) is 24.6 Å². The van der Waals surface area contributed by atoms with E-state index in [-0.39, 0.29) is 17.4 Å². The number of nitrogen functional groups attached to an aromatic ring is 1. The van der Waals surface area contributed by atoms with Crippen molar-refractivity contribution in [2.75, 3.05) is 30.4 Å². The van der Waals surface area contributed by atoms with Gasteiger partial charge >= 0.3 is 0 Å². The predicted molar refractivity (Wildman–Crippen MR) is 149 cm³/mol. The van der Waals surface area contributed by atoms with Gasteiger partial charge in [-0.1, -0.05) is 63.2 Å². The van der Waals surface area contributed by atoms with Crippen LogP contribution in [0.15, 0.2) is 54.6 Å². The maximum atomic E-state index is 15.4. The number of para-hydroxylation sites is 1. The van der Waals surface area contributed by atoms with Gasteiger partial charge < -0.3 is 15.5 Å². The normalized spacial score (nSPS) is 14.1. The summed E-state index contributed by atoms with van der Waals surface area (Å²) in [5, 5.41) is 1.47. The van der Waals surface area contributed by atoms with Crippen LogP contribution >= 0.6 is 0 Å². The number of ether oxygens (including phenoxy) is 1. The van der Waals surface area contributed by atoms with E-state index in [1.807, 2.05) is 45.0 Å². The Hall–Kier alpha value is -3.09. The number of anilines is 2. The average molecular weight is 493 g/mol. The molecule has 0 amide bonds. The molecule has 0 saturated carbocycles. The van der Waals surface area contributed by atoms with Gasteiger partial charge in [0.05, 0.1) is 11.4 Å². The molecule has 1 unspecified atom stereocenters. The van der Waals surface area contributed by atoms with E-state index in [2.05, 4.69) is 49.1 Å². The van der Waals surface area contributed by atoms with Gasteiger partial charge in [-0.25, -0.2) is 10.2 Å². The van der Waals surface area contributed by atoms with Crippen molar-refractivity contribution in [1.29, 1.82) is 0 Å². The lowest BCUT2D eigenvalue weighted by atomic mass is 9.86. The second kappa shape index (κ2) is 12.7. The van der Waals surface area contributed by atoms with E-state index >= 15 is 4.39 Å². The first-order valence-corrected chi connectivity index (χ1v) is 13.1. The summed E-state index contributed by atoms with van der Waals surface area (Å²) in [7, 11) is 0. The van der Waals surface area contributed by atoms with Crippen molar-refractivity contribution in [3.05, 3.63) is 88.2 Å². The molecule has 3 aromatic carbocycles. The van der Waals surface area contributed by atoms with Crippen molar-refractivity contribution >= 4 is 11.4 Å². The van der Waals surface area contributed by atoms with Gasteiger partial charge in [-0.05, 0) is 54.7 Å². The lowest BCUT2D eigenvalue weighted by Gasteiger charge is -2.24. The summed E-state index contributed by atoms with van der Waals surface area (Å²) in [5.74, 6) is 6.48. The smallest absolute Gasteiger partial charge is 0.152 e. The first kappa shape index (κ1) is 27.5. The topological polar surface area (TPSA) is 67.8 Å². The summed E-state index contributed by atoms with van der Waals surface area (Å²) in [4.78, 5) is 2.41. The quantitative estimate of drug-likeness (QED) is 0.228. The molecule has 36 heavy (non-hydrogen) atoms. The van der Waals surface area contributed by atoms with E-state index in [1.54, 1.807) is 0 Å². The van der Waals surface area contributed by atoms with Crippen LogP contribution in [-0.2, 0) is 13.1 Å². The van der Waals surface area contributed by atoms with Crippen molar-refractivity contribution in [1.82, 2.24) is 4.90 Å². The van der Waals surface area contributed by atoms with Crippen LogP contribution in [0.1, 0.15) is 67.9 Å². The van der Waals surface area contributed by atoms with Crippen molar-refractivity contribution in [3.8, 4) is 5.75 Å². The highest BCUT2D eigenvalue weighted by Gasteiger charge is 2.22. The van der Waals surface area contributed by atoms with Crippen LogP contribution in [0.2, 0.25) is 0 Å². The minimum absolute atomic E-state index is 0.0863. The molecule has 0 aliphatic carbocycles. The van der Waals surface area contributed by atoms with Gasteiger partial charge in [-0.2, -0.15) is 0 Å². The van der Waals surface area contributed by atoms with E-state index in [9.17, 15) is 0 Å². The number of aryl methyl sites for hydroxylation is 1. The number of hydrazine groups is 1. The molecule has 0 fully saturated rings. The van der Waals surface area contributed by atoms with Gasteiger partial charge in [-0.15, -0.1) is 0 Å². The molecular weight excluding hydrogens is 451 g/mol. The summed E-state index contributed by atoms with van der Waals surface area (Å²) in [6.45, 7) is 13.9. The molecule has 4 rings (SSSR count). The van der Waals surface area contributed by atoms with Gasteiger partial charge in [0.25, 0.3) is 0 Å². The molecule has 0 aromatic heterocycles. The number of rotatable bonds is 7. The SMILES string of the molecule is CC.CCC(c1ccc(C)c(CN2CCOc3ccccc3C2)c1)c1ccc(N(N)CC)c(N)c1F. The minimum Gasteiger partial charge on any atom is -0.492 e. The van der Waals surface area contributed by atoms with Gasteiger partial charge in [0, 0.05) is 37.7 Å². The third-order valence-electron chi connectivity index (χ3n) is 6.82. The Morgan fingerprint density at radius 1 is 1.08 bits per heavy atom. The predicted octanol–water partition coefficient (Wildman–Crippen LogP) is 6.38. The Kier molecular flexibility index (Phi) is 9.73. The maximum Gasteiger partial charge on any atom is 0.152 e. The molecule has 1 atom stereocenters. The van der Waals surface area contributed by atoms with Gasteiger partial charge in [0.15, 0.2) is 5.82 Å². The largest absolute Gasteiger partial charge is 0.492 e. The third kappa shape index (κ3) is 6.00. The summed E-state index contributed by atoms with van der Waals surface area (Å²) in [6, 6.07) is 18.4. The van der Waals surface area contributed by atoms with E-state index in [1.165, 1.54) is 21.7 Å². The zero-order valence-electron chi connectivity index (χ0n) is 22.4. The second-order valence-corrected chi connectivity index (χ2v) is 9.00. The van der Waals surface area contributed by atoms with Gasteiger partial charge in [-0.3, -0.25) is 4.90 Å². The van der Waals surface area contributed by atoms with Crippen molar-refractivity contribution in [2.24, 2.45) is 5.84 Å². The summed E-state index contributed by atoms with van der Waals surface area (Å²) >= 11 is 0. The Bertz CT molecular complexity index is 1150. The molecule has 1 aliphatic heterocycles. The molecule has 6 heteroatoms. The zero-order chi connectivity index (χ0) is 26.2.